The summed E-state index contributed by atoms with van der Waals surface area (Å²) in [5.41, 5.74) is 1.18. The van der Waals surface area contributed by atoms with E-state index in [-0.39, 0.29) is 0 Å². The summed E-state index contributed by atoms with van der Waals surface area (Å²) in [6.07, 6.45) is 3.66. The fourth-order valence-electron chi connectivity index (χ4n) is 1.23. The largest absolute Gasteiger partial charge is 0.465 e. The smallest absolute Gasteiger partial charge is 0.337 e. The highest BCUT2D eigenvalue weighted by molar-refractivity contribution is 5.89. The Kier molecular flexibility index (Phi) is 4.10. The minimum absolute atomic E-state index is 0.390. The SMILES string of the molecule is C=CCN(C#N)c1ccc(C(=O)OC)cc1. The van der Waals surface area contributed by atoms with Gasteiger partial charge < -0.3 is 4.74 Å². The van der Waals surface area contributed by atoms with Gasteiger partial charge in [0.05, 0.1) is 24.9 Å². The van der Waals surface area contributed by atoms with Crippen molar-refractivity contribution in [1.29, 1.82) is 5.26 Å². The van der Waals surface area contributed by atoms with E-state index >= 15 is 0 Å². The van der Waals surface area contributed by atoms with E-state index in [1.165, 1.54) is 12.0 Å². The molecule has 0 amide bonds. The number of carbonyl (C=O) groups excluding carboxylic acids is 1. The standard InChI is InChI=1S/C12H12N2O2/c1-3-8-14(9-13)11-6-4-10(5-7-11)12(15)16-2/h3-7H,1,8H2,2H3. The second kappa shape index (κ2) is 5.56. The zero-order chi connectivity index (χ0) is 12.0. The Morgan fingerprint density at radius 2 is 2.19 bits per heavy atom. The molecule has 0 bridgehead atoms. The van der Waals surface area contributed by atoms with Crippen molar-refractivity contribution in [2.24, 2.45) is 0 Å². The summed E-state index contributed by atoms with van der Waals surface area (Å²) >= 11 is 0. The molecular weight excluding hydrogens is 204 g/mol. The van der Waals surface area contributed by atoms with Crippen LogP contribution in [0.25, 0.3) is 0 Å². The van der Waals surface area contributed by atoms with Crippen molar-refractivity contribution in [3.63, 3.8) is 0 Å². The van der Waals surface area contributed by atoms with Gasteiger partial charge >= 0.3 is 5.97 Å². The molecular formula is C12H12N2O2. The molecule has 0 saturated heterocycles. The highest BCUT2D eigenvalue weighted by Crippen LogP contribution is 2.14. The van der Waals surface area contributed by atoms with E-state index in [1.54, 1.807) is 30.3 Å². The van der Waals surface area contributed by atoms with Gasteiger partial charge in [-0.15, -0.1) is 6.58 Å². The molecule has 0 aliphatic rings. The third-order valence-electron chi connectivity index (χ3n) is 2.03. The molecule has 4 heteroatoms. The third-order valence-corrected chi connectivity index (χ3v) is 2.03. The molecule has 0 aliphatic carbocycles. The van der Waals surface area contributed by atoms with Gasteiger partial charge in [-0.1, -0.05) is 6.08 Å². The van der Waals surface area contributed by atoms with Gasteiger partial charge in [0, 0.05) is 0 Å². The summed E-state index contributed by atoms with van der Waals surface area (Å²) in [5.74, 6) is -0.390. The average molecular weight is 216 g/mol. The highest BCUT2D eigenvalue weighted by Gasteiger charge is 2.07. The van der Waals surface area contributed by atoms with Crippen LogP contribution >= 0.6 is 0 Å². The number of hydrogen-bond acceptors (Lipinski definition) is 4. The van der Waals surface area contributed by atoms with E-state index in [0.29, 0.717) is 12.1 Å². The molecule has 1 rings (SSSR count). The van der Waals surface area contributed by atoms with E-state index < -0.39 is 5.97 Å². The first kappa shape index (κ1) is 11.8. The lowest BCUT2D eigenvalue weighted by Crippen LogP contribution is -2.15. The van der Waals surface area contributed by atoms with Crippen LogP contribution < -0.4 is 4.90 Å². The van der Waals surface area contributed by atoms with Crippen LogP contribution in [0.2, 0.25) is 0 Å². The number of ether oxygens (including phenoxy) is 1. The molecule has 0 saturated carbocycles. The van der Waals surface area contributed by atoms with Gasteiger partial charge in [0.1, 0.15) is 0 Å². The maximum atomic E-state index is 11.2. The first-order valence-electron chi connectivity index (χ1n) is 4.69. The maximum absolute atomic E-state index is 11.2. The maximum Gasteiger partial charge on any atom is 0.337 e. The summed E-state index contributed by atoms with van der Waals surface area (Å²) in [6, 6.07) is 6.63. The summed E-state index contributed by atoms with van der Waals surface area (Å²) in [7, 11) is 1.33. The lowest BCUT2D eigenvalue weighted by molar-refractivity contribution is 0.0601. The molecule has 0 aliphatic heterocycles. The molecule has 16 heavy (non-hydrogen) atoms. The summed E-state index contributed by atoms with van der Waals surface area (Å²) < 4.78 is 4.58. The molecule has 0 atom stereocenters. The van der Waals surface area contributed by atoms with Gasteiger partial charge in [0.25, 0.3) is 0 Å². The minimum atomic E-state index is -0.390. The van der Waals surface area contributed by atoms with Gasteiger partial charge in [-0.3, -0.25) is 4.90 Å². The van der Waals surface area contributed by atoms with Crippen molar-refractivity contribution in [2.45, 2.75) is 0 Å². The fraction of sp³-hybridized carbons (Fsp3) is 0.167. The predicted octanol–water partition coefficient (Wildman–Crippen LogP) is 1.95. The van der Waals surface area contributed by atoms with E-state index in [0.717, 1.165) is 5.69 Å². The van der Waals surface area contributed by atoms with Crippen molar-refractivity contribution in [3.05, 3.63) is 42.5 Å². The molecule has 0 fully saturated rings. The van der Waals surface area contributed by atoms with Gasteiger partial charge in [0.15, 0.2) is 6.19 Å². The lowest BCUT2D eigenvalue weighted by Gasteiger charge is -2.13. The van der Waals surface area contributed by atoms with Crippen molar-refractivity contribution >= 4 is 11.7 Å². The van der Waals surface area contributed by atoms with E-state index in [1.807, 2.05) is 6.19 Å². The second-order valence-corrected chi connectivity index (χ2v) is 3.04. The van der Waals surface area contributed by atoms with Crippen LogP contribution in [0.3, 0.4) is 0 Å². The quantitative estimate of drug-likeness (QED) is 0.334. The summed E-state index contributed by atoms with van der Waals surface area (Å²) in [6.45, 7) is 4.00. The monoisotopic (exact) mass is 216 g/mol. The van der Waals surface area contributed by atoms with Crippen molar-refractivity contribution in [3.8, 4) is 6.19 Å². The fourth-order valence-corrected chi connectivity index (χ4v) is 1.23. The molecule has 4 nitrogen and oxygen atoms in total. The van der Waals surface area contributed by atoms with E-state index in [4.69, 9.17) is 5.26 Å². The Hall–Kier alpha value is -2.28. The second-order valence-electron chi connectivity index (χ2n) is 3.04. The number of rotatable bonds is 4. The number of benzene rings is 1. The van der Waals surface area contributed by atoms with Gasteiger partial charge in [-0.2, -0.15) is 5.26 Å². The lowest BCUT2D eigenvalue weighted by atomic mass is 10.2. The molecule has 1 aromatic carbocycles. The van der Waals surface area contributed by atoms with Crippen molar-refractivity contribution < 1.29 is 9.53 Å². The molecule has 0 radical (unpaired) electrons. The molecule has 0 N–H and O–H groups in total. The van der Waals surface area contributed by atoms with Gasteiger partial charge in [-0.25, -0.2) is 4.79 Å². The number of hydrogen-bond donors (Lipinski definition) is 0. The number of esters is 1. The highest BCUT2D eigenvalue weighted by atomic mass is 16.5. The van der Waals surface area contributed by atoms with Crippen LogP contribution in [-0.2, 0) is 4.74 Å². The Labute approximate surface area is 94.4 Å². The molecule has 1 aromatic rings. The van der Waals surface area contributed by atoms with Crippen LogP contribution in [0.5, 0.6) is 0 Å². The van der Waals surface area contributed by atoms with Crippen LogP contribution in [0.15, 0.2) is 36.9 Å². The Balaban J connectivity index is 2.89. The Morgan fingerprint density at radius 3 is 2.62 bits per heavy atom. The van der Waals surface area contributed by atoms with E-state index in [9.17, 15) is 4.79 Å². The van der Waals surface area contributed by atoms with Crippen LogP contribution in [0.1, 0.15) is 10.4 Å². The van der Waals surface area contributed by atoms with Crippen molar-refractivity contribution in [2.75, 3.05) is 18.6 Å². The molecule has 0 unspecified atom stereocenters. The Bertz CT molecular complexity index is 418. The number of nitrogens with zero attached hydrogens (tertiary/aromatic N) is 2. The van der Waals surface area contributed by atoms with Crippen molar-refractivity contribution in [1.82, 2.24) is 0 Å². The third kappa shape index (κ3) is 2.61. The number of anilines is 1. The van der Waals surface area contributed by atoms with Crippen LogP contribution in [0.4, 0.5) is 5.69 Å². The first-order chi connectivity index (χ1) is 7.72. The van der Waals surface area contributed by atoms with Gasteiger partial charge in [0.2, 0.25) is 0 Å². The number of methoxy groups -OCH3 is 1. The number of nitriles is 1. The van der Waals surface area contributed by atoms with Crippen LogP contribution in [0, 0.1) is 11.5 Å². The van der Waals surface area contributed by atoms with E-state index in [2.05, 4.69) is 11.3 Å². The summed E-state index contributed by atoms with van der Waals surface area (Å²) in [4.78, 5) is 12.6. The molecule has 0 aromatic heterocycles. The zero-order valence-corrected chi connectivity index (χ0v) is 9.01. The predicted molar refractivity (Wildman–Crippen MR) is 60.9 cm³/mol. The van der Waals surface area contributed by atoms with Crippen LogP contribution in [-0.4, -0.2) is 19.6 Å². The summed E-state index contributed by atoms with van der Waals surface area (Å²) in [5, 5.41) is 8.87. The molecule has 0 heterocycles. The topological polar surface area (TPSA) is 53.3 Å². The molecule has 82 valence electrons. The first-order valence-corrected chi connectivity index (χ1v) is 4.69. The number of carbonyl (C=O) groups is 1. The zero-order valence-electron chi connectivity index (χ0n) is 9.01. The van der Waals surface area contributed by atoms with Gasteiger partial charge in [-0.05, 0) is 24.3 Å². The Morgan fingerprint density at radius 1 is 1.56 bits per heavy atom. The molecule has 0 spiro atoms. The average Bonchev–Trinajstić information content (AvgIpc) is 2.35. The normalized spacial score (nSPS) is 9.00. The minimum Gasteiger partial charge on any atom is -0.465 e.